The number of esters is 1. The molecule has 1 aromatic carbocycles. The smallest absolute Gasteiger partial charge is 0.337 e. The van der Waals surface area contributed by atoms with Gasteiger partial charge in [-0.1, -0.05) is 11.8 Å². The first kappa shape index (κ1) is 21.3. The number of aromatic nitrogens is 4. The number of ether oxygens (including phenoxy) is 1. The molecule has 9 nitrogen and oxygen atoms in total. The minimum Gasteiger partial charge on any atom is -0.465 e. The second kappa shape index (κ2) is 9.40. The van der Waals surface area contributed by atoms with Gasteiger partial charge in [-0.05, 0) is 43.3 Å². The fourth-order valence-corrected chi connectivity index (χ4v) is 3.58. The summed E-state index contributed by atoms with van der Waals surface area (Å²) in [6.07, 6.45) is 1.68. The average Bonchev–Trinajstić information content (AvgIpc) is 3.16. The molecule has 3 rings (SSSR count). The van der Waals surface area contributed by atoms with Gasteiger partial charge >= 0.3 is 5.97 Å². The molecule has 0 spiro atoms. The molecule has 0 unspecified atom stereocenters. The molecular formula is C20H21N5O4S. The molecule has 0 radical (unpaired) electrons. The maximum Gasteiger partial charge on any atom is 0.337 e. The summed E-state index contributed by atoms with van der Waals surface area (Å²) in [5, 5.41) is 11.6. The Morgan fingerprint density at radius 3 is 2.57 bits per heavy atom. The number of carbonyl (C=O) groups is 2. The van der Waals surface area contributed by atoms with Gasteiger partial charge in [-0.2, -0.15) is 0 Å². The molecule has 0 saturated carbocycles. The topological polar surface area (TPSA) is 108 Å². The van der Waals surface area contributed by atoms with Crippen LogP contribution in [0.4, 0.5) is 5.69 Å². The minimum absolute atomic E-state index is 0.115. The Hall–Kier alpha value is -3.40. The number of aryl methyl sites for hydroxylation is 1. The van der Waals surface area contributed by atoms with E-state index < -0.39 is 5.97 Å². The van der Waals surface area contributed by atoms with Crippen molar-refractivity contribution >= 4 is 29.3 Å². The van der Waals surface area contributed by atoms with Crippen molar-refractivity contribution in [1.29, 1.82) is 0 Å². The molecule has 156 valence electrons. The number of hydrogen-bond donors (Lipinski definition) is 1. The molecule has 30 heavy (non-hydrogen) atoms. The summed E-state index contributed by atoms with van der Waals surface area (Å²) >= 11 is 1.23. The maximum absolute atomic E-state index is 12.4. The highest BCUT2D eigenvalue weighted by Gasteiger charge is 2.17. The van der Waals surface area contributed by atoms with Crippen LogP contribution in [0.25, 0.3) is 11.4 Å². The summed E-state index contributed by atoms with van der Waals surface area (Å²) in [6.45, 7) is 2.48. The lowest BCUT2D eigenvalue weighted by atomic mass is 10.2. The summed E-state index contributed by atoms with van der Waals surface area (Å²) in [5.41, 5.74) is 1.26. The number of nitrogens with one attached hydrogen (secondary N) is 1. The van der Waals surface area contributed by atoms with Gasteiger partial charge in [-0.3, -0.25) is 9.59 Å². The average molecular weight is 427 g/mol. The number of rotatable bonds is 7. The summed E-state index contributed by atoms with van der Waals surface area (Å²) in [4.78, 5) is 36.1. The largest absolute Gasteiger partial charge is 0.465 e. The molecule has 0 aliphatic rings. The number of anilines is 1. The summed E-state index contributed by atoms with van der Waals surface area (Å²) in [6, 6.07) is 9.90. The number of amides is 1. The number of nitrogens with zero attached hydrogens (tertiary/aromatic N) is 4. The first-order valence-electron chi connectivity index (χ1n) is 9.14. The summed E-state index contributed by atoms with van der Waals surface area (Å²) < 4.78 is 7.94. The van der Waals surface area contributed by atoms with E-state index in [-0.39, 0.29) is 17.2 Å². The molecule has 0 atom stereocenters. The van der Waals surface area contributed by atoms with Gasteiger partial charge in [-0.15, -0.1) is 10.2 Å². The van der Waals surface area contributed by atoms with E-state index in [1.165, 1.54) is 23.4 Å². The molecule has 0 aliphatic carbocycles. The third kappa shape index (κ3) is 4.60. The van der Waals surface area contributed by atoms with E-state index in [2.05, 4.69) is 20.3 Å². The number of benzene rings is 1. The predicted molar refractivity (Wildman–Crippen MR) is 114 cm³/mol. The SMILES string of the molecule is CCn1c(SCC(=O)Nc2ccc(C(=O)OC)cc2)nnc1-c1cccn(C)c1=O. The molecule has 0 saturated heterocycles. The van der Waals surface area contributed by atoms with E-state index in [0.29, 0.717) is 34.3 Å². The molecule has 10 heteroatoms. The van der Waals surface area contributed by atoms with Gasteiger partial charge in [0.15, 0.2) is 11.0 Å². The van der Waals surface area contributed by atoms with E-state index in [0.717, 1.165) is 0 Å². The van der Waals surface area contributed by atoms with E-state index in [1.807, 2.05) is 6.92 Å². The van der Waals surface area contributed by atoms with Crippen molar-refractivity contribution in [2.45, 2.75) is 18.6 Å². The zero-order valence-corrected chi connectivity index (χ0v) is 17.6. The summed E-state index contributed by atoms with van der Waals surface area (Å²) in [5.74, 6) is -0.0796. The zero-order valence-electron chi connectivity index (χ0n) is 16.8. The fraction of sp³-hybridized carbons (Fsp3) is 0.250. The van der Waals surface area contributed by atoms with Crippen molar-refractivity contribution in [3.05, 3.63) is 58.5 Å². The Balaban J connectivity index is 1.68. The highest BCUT2D eigenvalue weighted by Crippen LogP contribution is 2.22. The molecule has 1 N–H and O–H groups in total. The fourth-order valence-electron chi connectivity index (χ4n) is 2.78. The highest BCUT2D eigenvalue weighted by molar-refractivity contribution is 7.99. The van der Waals surface area contributed by atoms with E-state index in [4.69, 9.17) is 0 Å². The van der Waals surface area contributed by atoms with Crippen molar-refractivity contribution in [2.75, 3.05) is 18.2 Å². The van der Waals surface area contributed by atoms with E-state index in [9.17, 15) is 14.4 Å². The molecule has 2 heterocycles. The molecule has 2 aromatic heterocycles. The van der Waals surface area contributed by atoms with Crippen molar-refractivity contribution in [1.82, 2.24) is 19.3 Å². The lowest BCUT2D eigenvalue weighted by Crippen LogP contribution is -2.19. The molecule has 0 bridgehead atoms. The lowest BCUT2D eigenvalue weighted by molar-refractivity contribution is -0.113. The molecule has 0 aliphatic heterocycles. The van der Waals surface area contributed by atoms with Gasteiger partial charge in [0.1, 0.15) is 0 Å². The first-order valence-corrected chi connectivity index (χ1v) is 10.1. The Kier molecular flexibility index (Phi) is 6.68. The molecular weight excluding hydrogens is 406 g/mol. The van der Waals surface area contributed by atoms with Crippen molar-refractivity contribution in [3.8, 4) is 11.4 Å². The van der Waals surface area contributed by atoms with Gasteiger partial charge in [0.2, 0.25) is 5.91 Å². The molecule has 1 amide bonds. The Labute approximate surface area is 177 Å². The first-order chi connectivity index (χ1) is 14.4. The maximum atomic E-state index is 12.4. The van der Waals surface area contributed by atoms with Crippen LogP contribution in [0.1, 0.15) is 17.3 Å². The Bertz CT molecular complexity index is 1120. The third-order valence-electron chi connectivity index (χ3n) is 4.32. The van der Waals surface area contributed by atoms with Gasteiger partial charge in [0.05, 0.1) is 24.0 Å². The van der Waals surface area contributed by atoms with Crippen LogP contribution in [0.15, 0.2) is 52.5 Å². The predicted octanol–water partition coefficient (Wildman–Crippen LogP) is 2.18. The number of carbonyl (C=O) groups excluding carboxylic acids is 2. The number of pyridine rings is 1. The van der Waals surface area contributed by atoms with Crippen LogP contribution >= 0.6 is 11.8 Å². The van der Waals surface area contributed by atoms with Crippen molar-refractivity contribution < 1.29 is 14.3 Å². The van der Waals surface area contributed by atoms with Gasteiger partial charge in [0.25, 0.3) is 5.56 Å². The van der Waals surface area contributed by atoms with E-state index >= 15 is 0 Å². The van der Waals surface area contributed by atoms with Crippen molar-refractivity contribution in [2.24, 2.45) is 7.05 Å². The Morgan fingerprint density at radius 2 is 1.90 bits per heavy atom. The van der Waals surface area contributed by atoms with Crippen LogP contribution in [-0.4, -0.2) is 44.1 Å². The molecule has 3 aromatic rings. The minimum atomic E-state index is -0.439. The third-order valence-corrected chi connectivity index (χ3v) is 5.29. The normalized spacial score (nSPS) is 10.6. The van der Waals surface area contributed by atoms with Gasteiger partial charge in [-0.25, -0.2) is 4.79 Å². The second-order valence-corrected chi connectivity index (χ2v) is 7.24. The number of hydrogen-bond acceptors (Lipinski definition) is 7. The van der Waals surface area contributed by atoms with Crippen LogP contribution in [0, 0.1) is 0 Å². The van der Waals surface area contributed by atoms with E-state index in [1.54, 1.807) is 54.2 Å². The number of thioether (sulfide) groups is 1. The standard InChI is InChI=1S/C20H21N5O4S/c1-4-25-17(15-6-5-11-24(2)18(15)27)22-23-20(25)30-12-16(26)21-14-9-7-13(8-10-14)19(28)29-3/h5-11H,4,12H2,1-3H3,(H,21,26). The quantitative estimate of drug-likeness (QED) is 0.455. The van der Waals surface area contributed by atoms with Gasteiger partial charge in [0, 0.05) is 25.5 Å². The molecule has 0 fully saturated rings. The zero-order chi connectivity index (χ0) is 21.7. The van der Waals surface area contributed by atoms with Crippen LogP contribution in [0.3, 0.4) is 0 Å². The van der Waals surface area contributed by atoms with Crippen LogP contribution in [0.5, 0.6) is 0 Å². The summed E-state index contributed by atoms with van der Waals surface area (Å²) in [7, 11) is 2.99. The Morgan fingerprint density at radius 1 is 1.17 bits per heavy atom. The van der Waals surface area contributed by atoms with Crippen molar-refractivity contribution in [3.63, 3.8) is 0 Å². The second-order valence-electron chi connectivity index (χ2n) is 6.29. The lowest BCUT2D eigenvalue weighted by Gasteiger charge is -2.08. The highest BCUT2D eigenvalue weighted by atomic mass is 32.2. The van der Waals surface area contributed by atoms with Crippen LogP contribution in [-0.2, 0) is 23.1 Å². The van der Waals surface area contributed by atoms with Crippen LogP contribution < -0.4 is 10.9 Å². The monoisotopic (exact) mass is 427 g/mol. The number of methoxy groups -OCH3 is 1. The van der Waals surface area contributed by atoms with Gasteiger partial charge < -0.3 is 19.2 Å². The van der Waals surface area contributed by atoms with Crippen LogP contribution in [0.2, 0.25) is 0 Å².